The van der Waals surface area contributed by atoms with Gasteiger partial charge < -0.3 is 9.64 Å². The van der Waals surface area contributed by atoms with Crippen LogP contribution >= 0.6 is 27.3 Å². The number of alkyl halides is 3. The van der Waals surface area contributed by atoms with E-state index in [9.17, 15) is 18.0 Å². The fourth-order valence-corrected chi connectivity index (χ4v) is 3.68. The van der Waals surface area contributed by atoms with Gasteiger partial charge in [0.1, 0.15) is 10.6 Å². The van der Waals surface area contributed by atoms with Crippen LogP contribution in [0.1, 0.15) is 19.8 Å². The number of anilines is 1. The van der Waals surface area contributed by atoms with Gasteiger partial charge in [-0.3, -0.25) is 4.79 Å². The molecule has 21 heavy (non-hydrogen) atoms. The van der Waals surface area contributed by atoms with Gasteiger partial charge in [-0.15, -0.1) is 11.3 Å². The average Bonchev–Trinajstić information content (AvgIpc) is 2.84. The Kier molecular flexibility index (Phi) is 5.13. The quantitative estimate of drug-likeness (QED) is 0.744. The summed E-state index contributed by atoms with van der Waals surface area (Å²) in [6.45, 7) is 1.95. The van der Waals surface area contributed by atoms with Crippen molar-refractivity contribution >= 4 is 38.4 Å². The number of ether oxygens (including phenoxy) is 1. The molecule has 0 saturated carbocycles. The summed E-state index contributed by atoms with van der Waals surface area (Å²) in [5.41, 5.74) is 0. The highest BCUT2D eigenvalue weighted by Crippen LogP contribution is 2.39. The molecule has 0 spiro atoms. The molecule has 1 aromatic heterocycles. The first-order chi connectivity index (χ1) is 9.82. The molecule has 118 valence electrons. The Labute approximate surface area is 132 Å². The van der Waals surface area contributed by atoms with Gasteiger partial charge in [0, 0.05) is 11.9 Å². The van der Waals surface area contributed by atoms with Gasteiger partial charge >= 0.3 is 12.1 Å². The van der Waals surface area contributed by atoms with Crippen LogP contribution in [0.4, 0.5) is 18.3 Å². The van der Waals surface area contributed by atoms with Crippen LogP contribution in [-0.4, -0.2) is 36.3 Å². The Morgan fingerprint density at radius 1 is 1.62 bits per heavy atom. The van der Waals surface area contributed by atoms with Crippen molar-refractivity contribution in [1.29, 1.82) is 0 Å². The summed E-state index contributed by atoms with van der Waals surface area (Å²) >= 11 is 4.29. The van der Waals surface area contributed by atoms with Crippen molar-refractivity contribution in [1.82, 2.24) is 4.98 Å². The second-order valence-electron chi connectivity index (χ2n) is 4.68. The van der Waals surface area contributed by atoms with E-state index in [0.717, 1.165) is 11.3 Å². The van der Waals surface area contributed by atoms with E-state index >= 15 is 0 Å². The maximum Gasteiger partial charge on any atom is 0.408 e. The van der Waals surface area contributed by atoms with Crippen LogP contribution in [0, 0.1) is 5.92 Å². The van der Waals surface area contributed by atoms with Crippen LogP contribution < -0.4 is 4.90 Å². The number of esters is 1. The molecule has 1 saturated heterocycles. The lowest BCUT2D eigenvalue weighted by atomic mass is 9.91. The number of piperidine rings is 1. The van der Waals surface area contributed by atoms with Crippen molar-refractivity contribution in [2.75, 3.05) is 18.1 Å². The zero-order chi connectivity index (χ0) is 15.6. The Morgan fingerprint density at radius 3 is 2.86 bits per heavy atom. The molecule has 2 heterocycles. The second-order valence-corrected chi connectivity index (χ2v) is 6.33. The van der Waals surface area contributed by atoms with Gasteiger partial charge in [0.2, 0.25) is 0 Å². The van der Waals surface area contributed by atoms with Gasteiger partial charge in [-0.2, -0.15) is 13.2 Å². The topological polar surface area (TPSA) is 42.4 Å². The van der Waals surface area contributed by atoms with Gasteiger partial charge in [-0.25, -0.2) is 4.98 Å². The molecule has 1 fully saturated rings. The second kappa shape index (κ2) is 6.51. The first-order valence-electron chi connectivity index (χ1n) is 6.44. The summed E-state index contributed by atoms with van der Waals surface area (Å²) in [5, 5.41) is 1.95. The van der Waals surface area contributed by atoms with E-state index < -0.39 is 24.1 Å². The standard InChI is InChI=1S/C12H14BrF3N2O2S/c1-2-20-10(19)7-3-4-18(8(5-7)12(14,15)16)11-17-9(13)6-21-11/h6-8H,2-5H2,1H3/t7-,8-/m1/s1. The zero-order valence-corrected chi connectivity index (χ0v) is 13.6. The van der Waals surface area contributed by atoms with E-state index in [1.807, 2.05) is 0 Å². The number of carbonyl (C=O) groups is 1. The third-order valence-corrected chi connectivity index (χ3v) is 4.90. The van der Waals surface area contributed by atoms with E-state index in [0.29, 0.717) is 16.2 Å². The average molecular weight is 387 g/mol. The summed E-state index contributed by atoms with van der Waals surface area (Å²) in [6.07, 6.45) is -4.37. The number of hydrogen-bond donors (Lipinski definition) is 0. The molecule has 0 aliphatic carbocycles. The fraction of sp³-hybridized carbons (Fsp3) is 0.667. The highest BCUT2D eigenvalue weighted by molar-refractivity contribution is 9.10. The monoisotopic (exact) mass is 386 g/mol. The molecule has 0 amide bonds. The molecule has 0 radical (unpaired) electrons. The van der Waals surface area contributed by atoms with E-state index in [-0.39, 0.29) is 19.6 Å². The Morgan fingerprint density at radius 2 is 2.33 bits per heavy atom. The third kappa shape index (κ3) is 3.88. The van der Waals surface area contributed by atoms with Gasteiger partial charge in [0.05, 0.1) is 12.5 Å². The van der Waals surface area contributed by atoms with Crippen LogP contribution in [0.15, 0.2) is 9.98 Å². The minimum absolute atomic E-state index is 0.133. The first-order valence-corrected chi connectivity index (χ1v) is 8.11. The number of hydrogen-bond acceptors (Lipinski definition) is 5. The Hall–Kier alpha value is -0.830. The third-order valence-electron chi connectivity index (χ3n) is 3.31. The fourth-order valence-electron chi connectivity index (χ4n) is 2.36. The number of thiazole rings is 1. The van der Waals surface area contributed by atoms with Crippen molar-refractivity contribution in [3.8, 4) is 0 Å². The molecule has 2 atom stereocenters. The lowest BCUT2D eigenvalue weighted by Gasteiger charge is -2.39. The van der Waals surface area contributed by atoms with Crippen LogP contribution in [-0.2, 0) is 9.53 Å². The molecule has 0 bridgehead atoms. The van der Waals surface area contributed by atoms with Crippen molar-refractivity contribution in [2.45, 2.75) is 32.0 Å². The predicted molar refractivity (Wildman–Crippen MR) is 76.4 cm³/mol. The first kappa shape index (κ1) is 16.5. The predicted octanol–water partition coefficient (Wildman–Crippen LogP) is 3.62. The van der Waals surface area contributed by atoms with Gasteiger partial charge in [-0.1, -0.05) is 0 Å². The van der Waals surface area contributed by atoms with E-state index in [4.69, 9.17) is 4.74 Å². The summed E-state index contributed by atoms with van der Waals surface area (Å²) in [6, 6.07) is -1.71. The van der Waals surface area contributed by atoms with Crippen molar-refractivity contribution in [2.24, 2.45) is 5.92 Å². The van der Waals surface area contributed by atoms with Gasteiger partial charge in [0.15, 0.2) is 5.13 Å². The number of nitrogens with zero attached hydrogens (tertiary/aromatic N) is 2. The molecule has 0 aromatic carbocycles. The number of rotatable bonds is 3. The van der Waals surface area contributed by atoms with Crippen LogP contribution in [0.2, 0.25) is 0 Å². The van der Waals surface area contributed by atoms with Gasteiger partial charge in [-0.05, 0) is 35.7 Å². The number of aromatic nitrogens is 1. The SMILES string of the molecule is CCOC(=O)[C@@H]1CCN(c2nc(Br)cs2)[C@@H](C(F)(F)F)C1. The summed E-state index contributed by atoms with van der Waals surface area (Å²) in [7, 11) is 0. The zero-order valence-electron chi connectivity index (χ0n) is 11.2. The van der Waals surface area contributed by atoms with Crippen LogP contribution in [0.3, 0.4) is 0 Å². The minimum atomic E-state index is -4.41. The maximum atomic E-state index is 13.3. The minimum Gasteiger partial charge on any atom is -0.466 e. The summed E-state index contributed by atoms with van der Waals surface area (Å²) < 4.78 is 45.2. The molecule has 0 N–H and O–H groups in total. The van der Waals surface area contributed by atoms with Crippen molar-refractivity contribution in [3.63, 3.8) is 0 Å². The molecule has 9 heteroatoms. The van der Waals surface area contributed by atoms with E-state index in [1.54, 1.807) is 12.3 Å². The van der Waals surface area contributed by atoms with Gasteiger partial charge in [0.25, 0.3) is 0 Å². The van der Waals surface area contributed by atoms with E-state index in [1.165, 1.54) is 4.90 Å². The molecule has 1 aliphatic heterocycles. The summed E-state index contributed by atoms with van der Waals surface area (Å²) in [5.74, 6) is -1.26. The van der Waals surface area contributed by atoms with Crippen LogP contribution in [0.5, 0.6) is 0 Å². The Bertz CT molecular complexity index is 509. The number of carbonyl (C=O) groups excluding carboxylic acids is 1. The molecular formula is C12H14BrF3N2O2S. The lowest BCUT2D eigenvalue weighted by Crippen LogP contribution is -2.52. The summed E-state index contributed by atoms with van der Waals surface area (Å²) in [4.78, 5) is 17.0. The molecular weight excluding hydrogens is 373 g/mol. The molecule has 0 unspecified atom stereocenters. The Balaban J connectivity index is 2.18. The van der Waals surface area contributed by atoms with Crippen LogP contribution in [0.25, 0.3) is 0 Å². The molecule has 1 aromatic rings. The largest absolute Gasteiger partial charge is 0.466 e. The van der Waals surface area contributed by atoms with Crippen molar-refractivity contribution < 1.29 is 22.7 Å². The lowest BCUT2D eigenvalue weighted by molar-refractivity contribution is -0.164. The molecule has 1 aliphatic rings. The highest BCUT2D eigenvalue weighted by atomic mass is 79.9. The molecule has 2 rings (SSSR count). The normalized spacial score (nSPS) is 23.2. The smallest absolute Gasteiger partial charge is 0.408 e. The highest BCUT2D eigenvalue weighted by Gasteiger charge is 2.49. The maximum absolute atomic E-state index is 13.3. The molecule has 4 nitrogen and oxygen atoms in total. The van der Waals surface area contributed by atoms with Crippen molar-refractivity contribution in [3.05, 3.63) is 9.98 Å². The number of halogens is 4. The van der Waals surface area contributed by atoms with E-state index in [2.05, 4.69) is 20.9 Å².